The van der Waals surface area contributed by atoms with E-state index in [0.29, 0.717) is 13.1 Å². The van der Waals surface area contributed by atoms with Crippen LogP contribution in [0.5, 0.6) is 5.75 Å². The second-order valence-electron chi connectivity index (χ2n) is 5.11. The van der Waals surface area contributed by atoms with Crippen LogP contribution in [-0.4, -0.2) is 48.1 Å². The first-order valence-corrected chi connectivity index (χ1v) is 6.69. The van der Waals surface area contributed by atoms with Crippen LogP contribution in [0.2, 0.25) is 0 Å². The predicted octanol–water partition coefficient (Wildman–Crippen LogP) is 1.85. The van der Waals surface area contributed by atoms with E-state index in [1.54, 1.807) is 11.0 Å². The Bertz CT molecular complexity index is 550. The molecule has 0 N–H and O–H groups in total. The Morgan fingerprint density at radius 2 is 2.00 bits per heavy atom. The first-order valence-electron chi connectivity index (χ1n) is 6.69. The molecule has 1 amide bonds. The summed E-state index contributed by atoms with van der Waals surface area (Å²) in [7, 11) is 1.36. The Hall–Kier alpha value is -2.15. The molecule has 0 aliphatic carbocycles. The number of nitrogens with zero attached hydrogens (tertiary/aromatic N) is 2. The summed E-state index contributed by atoms with van der Waals surface area (Å²) in [6, 6.07) is 4.24. The lowest BCUT2D eigenvalue weighted by atomic mass is 10.1. The average Bonchev–Trinajstić information content (AvgIpc) is 2.44. The zero-order valence-electron chi connectivity index (χ0n) is 12.2. The van der Waals surface area contributed by atoms with Crippen molar-refractivity contribution in [2.45, 2.75) is 26.1 Å². The van der Waals surface area contributed by atoms with E-state index in [9.17, 15) is 14.9 Å². The zero-order valence-corrected chi connectivity index (χ0v) is 12.2. The highest BCUT2D eigenvalue weighted by atomic mass is 16.6. The SMILES string of the molecule is COc1ccc(C(=O)N2C[C@H](C)O[C@@H](C)C2)cc1[N+](=O)[O-]. The molecule has 7 heteroatoms. The molecule has 1 aliphatic rings. The number of nitro benzene ring substituents is 1. The molecule has 0 spiro atoms. The van der Waals surface area contributed by atoms with Crippen molar-refractivity contribution in [3.8, 4) is 5.75 Å². The number of morpholine rings is 1. The standard InChI is InChI=1S/C14H18N2O5/c1-9-7-15(8-10(2)21-9)14(17)11-4-5-13(20-3)12(6-11)16(18)19/h4-6,9-10H,7-8H2,1-3H3/t9-,10-/m0/s1. The normalized spacial score (nSPS) is 22.0. The lowest BCUT2D eigenvalue weighted by Crippen LogP contribution is -2.48. The van der Waals surface area contributed by atoms with Crippen molar-refractivity contribution in [3.05, 3.63) is 33.9 Å². The van der Waals surface area contributed by atoms with E-state index >= 15 is 0 Å². The van der Waals surface area contributed by atoms with Crippen molar-refractivity contribution in [2.75, 3.05) is 20.2 Å². The molecule has 0 aromatic heterocycles. The maximum Gasteiger partial charge on any atom is 0.311 e. The van der Waals surface area contributed by atoms with Gasteiger partial charge in [-0.3, -0.25) is 14.9 Å². The molecule has 2 rings (SSSR count). The summed E-state index contributed by atoms with van der Waals surface area (Å²) >= 11 is 0. The van der Waals surface area contributed by atoms with Gasteiger partial charge in [-0.1, -0.05) is 0 Å². The van der Waals surface area contributed by atoms with E-state index in [0.717, 1.165) is 0 Å². The van der Waals surface area contributed by atoms with Crippen molar-refractivity contribution >= 4 is 11.6 Å². The molecule has 1 heterocycles. The van der Waals surface area contributed by atoms with Crippen LogP contribution in [0.1, 0.15) is 24.2 Å². The number of rotatable bonds is 3. The number of carbonyl (C=O) groups is 1. The van der Waals surface area contributed by atoms with E-state index in [4.69, 9.17) is 9.47 Å². The second kappa shape index (κ2) is 6.09. The van der Waals surface area contributed by atoms with Crippen LogP contribution in [0.3, 0.4) is 0 Å². The molecule has 1 fully saturated rings. The fourth-order valence-electron chi connectivity index (χ4n) is 2.49. The summed E-state index contributed by atoms with van der Waals surface area (Å²) in [5.74, 6) is -0.0944. The highest BCUT2D eigenvalue weighted by Crippen LogP contribution is 2.28. The lowest BCUT2D eigenvalue weighted by molar-refractivity contribution is -0.385. The van der Waals surface area contributed by atoms with Crippen molar-refractivity contribution in [1.29, 1.82) is 0 Å². The van der Waals surface area contributed by atoms with Gasteiger partial charge >= 0.3 is 5.69 Å². The van der Waals surface area contributed by atoms with Crippen molar-refractivity contribution in [3.63, 3.8) is 0 Å². The number of nitro groups is 1. The molecule has 114 valence electrons. The van der Waals surface area contributed by atoms with Gasteiger partial charge in [0.1, 0.15) is 0 Å². The van der Waals surface area contributed by atoms with Crippen molar-refractivity contribution in [1.82, 2.24) is 4.90 Å². The minimum atomic E-state index is -0.555. The average molecular weight is 294 g/mol. The molecular formula is C14H18N2O5. The maximum absolute atomic E-state index is 12.5. The molecule has 0 bridgehead atoms. The number of hydrogen-bond acceptors (Lipinski definition) is 5. The molecule has 0 radical (unpaired) electrons. The third-order valence-electron chi connectivity index (χ3n) is 3.33. The van der Waals surface area contributed by atoms with E-state index in [-0.39, 0.29) is 35.1 Å². The molecule has 1 saturated heterocycles. The summed E-state index contributed by atoms with van der Waals surface area (Å²) in [5.41, 5.74) is 0.0708. The molecular weight excluding hydrogens is 276 g/mol. The molecule has 21 heavy (non-hydrogen) atoms. The Balaban J connectivity index is 2.27. The van der Waals surface area contributed by atoms with E-state index in [1.165, 1.54) is 19.2 Å². The van der Waals surface area contributed by atoms with Gasteiger partial charge in [-0.15, -0.1) is 0 Å². The fourth-order valence-corrected chi connectivity index (χ4v) is 2.49. The Labute approximate surface area is 122 Å². The van der Waals surface area contributed by atoms with Crippen LogP contribution in [-0.2, 0) is 4.74 Å². The molecule has 7 nitrogen and oxygen atoms in total. The van der Waals surface area contributed by atoms with Gasteiger partial charge < -0.3 is 14.4 Å². The number of hydrogen-bond donors (Lipinski definition) is 0. The van der Waals surface area contributed by atoms with Crippen LogP contribution >= 0.6 is 0 Å². The van der Waals surface area contributed by atoms with Gasteiger partial charge in [-0.25, -0.2) is 0 Å². The van der Waals surface area contributed by atoms with Gasteiger partial charge in [-0.2, -0.15) is 0 Å². The number of benzene rings is 1. The minimum Gasteiger partial charge on any atom is -0.490 e. The Morgan fingerprint density at radius 1 is 1.38 bits per heavy atom. The van der Waals surface area contributed by atoms with E-state index in [2.05, 4.69) is 0 Å². The Kier molecular flexibility index (Phi) is 4.42. The molecule has 2 atom stereocenters. The van der Waals surface area contributed by atoms with Gasteiger partial charge in [0, 0.05) is 24.7 Å². The Morgan fingerprint density at radius 3 is 2.52 bits per heavy atom. The predicted molar refractivity (Wildman–Crippen MR) is 75.6 cm³/mol. The highest BCUT2D eigenvalue weighted by molar-refractivity contribution is 5.95. The molecule has 1 aromatic carbocycles. The molecule has 1 aliphatic heterocycles. The molecule has 0 unspecified atom stereocenters. The maximum atomic E-state index is 12.5. The van der Waals surface area contributed by atoms with Crippen molar-refractivity contribution < 1.29 is 19.2 Å². The summed E-state index contributed by atoms with van der Waals surface area (Å²) in [5, 5.41) is 11.0. The highest BCUT2D eigenvalue weighted by Gasteiger charge is 2.28. The smallest absolute Gasteiger partial charge is 0.311 e. The van der Waals surface area contributed by atoms with Crippen LogP contribution < -0.4 is 4.74 Å². The van der Waals surface area contributed by atoms with Gasteiger partial charge in [0.2, 0.25) is 0 Å². The third kappa shape index (κ3) is 3.30. The van der Waals surface area contributed by atoms with Gasteiger partial charge in [0.25, 0.3) is 5.91 Å². The van der Waals surface area contributed by atoms with Gasteiger partial charge in [-0.05, 0) is 26.0 Å². The van der Waals surface area contributed by atoms with Crippen LogP contribution in [0.15, 0.2) is 18.2 Å². The van der Waals surface area contributed by atoms with Crippen molar-refractivity contribution in [2.24, 2.45) is 0 Å². The fraction of sp³-hybridized carbons (Fsp3) is 0.500. The summed E-state index contributed by atoms with van der Waals surface area (Å²) < 4.78 is 10.5. The topological polar surface area (TPSA) is 81.9 Å². The monoisotopic (exact) mass is 294 g/mol. The number of ether oxygens (including phenoxy) is 2. The molecule has 0 saturated carbocycles. The van der Waals surface area contributed by atoms with Gasteiger partial charge in [0.05, 0.1) is 24.2 Å². The van der Waals surface area contributed by atoms with E-state index < -0.39 is 4.92 Å². The van der Waals surface area contributed by atoms with Crippen LogP contribution in [0.4, 0.5) is 5.69 Å². The zero-order chi connectivity index (χ0) is 15.6. The summed E-state index contributed by atoms with van der Waals surface area (Å²) in [6.45, 7) is 4.74. The first kappa shape index (κ1) is 15.2. The van der Waals surface area contributed by atoms with E-state index in [1.807, 2.05) is 13.8 Å². The quantitative estimate of drug-likeness (QED) is 0.627. The van der Waals surface area contributed by atoms with Crippen LogP contribution in [0.25, 0.3) is 0 Å². The lowest BCUT2D eigenvalue weighted by Gasteiger charge is -2.35. The molecule has 1 aromatic rings. The second-order valence-corrected chi connectivity index (χ2v) is 5.11. The van der Waals surface area contributed by atoms with Crippen LogP contribution in [0, 0.1) is 10.1 Å². The minimum absolute atomic E-state index is 0.0501. The largest absolute Gasteiger partial charge is 0.490 e. The van der Waals surface area contributed by atoms with Gasteiger partial charge in [0.15, 0.2) is 5.75 Å². The first-order chi connectivity index (χ1) is 9.92. The number of methoxy groups -OCH3 is 1. The number of amides is 1. The summed E-state index contributed by atoms with van der Waals surface area (Å²) in [6.07, 6.45) is -0.100. The summed E-state index contributed by atoms with van der Waals surface area (Å²) in [4.78, 5) is 24.6. The number of carbonyl (C=O) groups excluding carboxylic acids is 1. The third-order valence-corrected chi connectivity index (χ3v) is 3.33.